The van der Waals surface area contributed by atoms with Gasteiger partial charge in [0.25, 0.3) is 0 Å². The van der Waals surface area contributed by atoms with Gasteiger partial charge in [0.05, 0.1) is 19.3 Å². The summed E-state index contributed by atoms with van der Waals surface area (Å²) in [5.41, 5.74) is 0. The predicted molar refractivity (Wildman–Crippen MR) is 72.8 cm³/mol. The lowest BCUT2D eigenvalue weighted by Crippen LogP contribution is -2.51. The molecule has 0 aromatic heterocycles. The van der Waals surface area contributed by atoms with Crippen molar-refractivity contribution in [3.8, 4) is 0 Å². The molecule has 1 heterocycles. The van der Waals surface area contributed by atoms with E-state index in [4.69, 9.17) is 16.3 Å². The Morgan fingerprint density at radius 3 is 2.50 bits per heavy atom. The van der Waals surface area contributed by atoms with Crippen LogP contribution in [0.1, 0.15) is 44.9 Å². The zero-order chi connectivity index (χ0) is 12.8. The highest BCUT2D eigenvalue weighted by atomic mass is 35.5. The van der Waals surface area contributed by atoms with Crippen LogP contribution in [0.5, 0.6) is 0 Å². The van der Waals surface area contributed by atoms with Crippen molar-refractivity contribution in [2.45, 2.75) is 51.0 Å². The van der Waals surface area contributed by atoms with Gasteiger partial charge in [0.1, 0.15) is 0 Å². The van der Waals surface area contributed by atoms with Crippen LogP contribution >= 0.6 is 11.6 Å². The highest BCUT2D eigenvalue weighted by Crippen LogP contribution is 2.25. The van der Waals surface area contributed by atoms with Crippen molar-refractivity contribution in [2.24, 2.45) is 5.92 Å². The molecular weight excluding hydrogens is 250 g/mol. The van der Waals surface area contributed by atoms with Gasteiger partial charge < -0.3 is 9.64 Å². The van der Waals surface area contributed by atoms with Crippen molar-refractivity contribution in [1.82, 2.24) is 4.90 Å². The Kier molecular flexibility index (Phi) is 5.77. The molecule has 2 aliphatic rings. The lowest BCUT2D eigenvalue weighted by molar-refractivity contribution is -0.144. The summed E-state index contributed by atoms with van der Waals surface area (Å²) >= 11 is 5.94. The first-order valence-corrected chi connectivity index (χ1v) is 7.80. The molecule has 2 fully saturated rings. The molecule has 1 saturated carbocycles. The monoisotopic (exact) mass is 273 g/mol. The molecule has 1 saturated heterocycles. The van der Waals surface area contributed by atoms with Gasteiger partial charge in [-0.1, -0.05) is 32.1 Å². The maximum atomic E-state index is 12.6. The van der Waals surface area contributed by atoms with E-state index in [9.17, 15) is 4.79 Å². The zero-order valence-corrected chi connectivity index (χ0v) is 11.8. The molecule has 0 radical (unpaired) electrons. The van der Waals surface area contributed by atoms with Crippen molar-refractivity contribution in [3.63, 3.8) is 0 Å². The van der Waals surface area contributed by atoms with Gasteiger partial charge in [-0.05, 0) is 12.8 Å². The average molecular weight is 274 g/mol. The minimum absolute atomic E-state index is 0.0818. The molecule has 0 N–H and O–H groups in total. The summed E-state index contributed by atoms with van der Waals surface area (Å²) < 4.78 is 5.41. The van der Waals surface area contributed by atoms with E-state index in [2.05, 4.69) is 0 Å². The summed E-state index contributed by atoms with van der Waals surface area (Å²) in [5.74, 6) is 1.04. The molecule has 3 nitrogen and oxygen atoms in total. The van der Waals surface area contributed by atoms with Gasteiger partial charge in [-0.3, -0.25) is 4.79 Å². The number of ether oxygens (including phenoxy) is 1. The quantitative estimate of drug-likeness (QED) is 0.724. The number of amides is 1. The van der Waals surface area contributed by atoms with Crippen LogP contribution in [0.15, 0.2) is 0 Å². The van der Waals surface area contributed by atoms with E-state index < -0.39 is 0 Å². The number of halogens is 1. The van der Waals surface area contributed by atoms with Crippen LogP contribution in [0, 0.1) is 5.92 Å². The molecule has 1 unspecified atom stereocenters. The third-order valence-corrected chi connectivity index (χ3v) is 4.50. The molecule has 1 aliphatic carbocycles. The number of nitrogens with zero attached hydrogens (tertiary/aromatic N) is 1. The number of morpholine rings is 1. The zero-order valence-electron chi connectivity index (χ0n) is 11.1. The molecule has 0 aromatic rings. The second-order valence-corrected chi connectivity index (χ2v) is 5.77. The molecule has 0 spiro atoms. The fourth-order valence-corrected chi connectivity index (χ4v) is 3.27. The molecular formula is C14H24ClNO2. The second kappa shape index (κ2) is 7.34. The third kappa shape index (κ3) is 3.61. The first kappa shape index (κ1) is 14.1. The van der Waals surface area contributed by atoms with Gasteiger partial charge in [-0.15, -0.1) is 11.6 Å². The molecule has 4 heteroatoms. The van der Waals surface area contributed by atoms with E-state index in [1.165, 1.54) is 32.1 Å². The lowest BCUT2D eigenvalue weighted by Gasteiger charge is -2.37. The van der Waals surface area contributed by atoms with Crippen LogP contribution in [-0.4, -0.2) is 42.5 Å². The Hall–Kier alpha value is -0.280. The number of carbonyl (C=O) groups is 1. The van der Waals surface area contributed by atoms with E-state index in [0.29, 0.717) is 31.5 Å². The Labute approximate surface area is 115 Å². The van der Waals surface area contributed by atoms with Crippen LogP contribution in [-0.2, 0) is 9.53 Å². The van der Waals surface area contributed by atoms with Gasteiger partial charge in [0.15, 0.2) is 0 Å². The van der Waals surface area contributed by atoms with Crippen molar-refractivity contribution >= 4 is 17.5 Å². The molecule has 1 amide bonds. The molecule has 18 heavy (non-hydrogen) atoms. The fourth-order valence-electron chi connectivity index (χ4n) is 3.01. The van der Waals surface area contributed by atoms with E-state index >= 15 is 0 Å². The highest BCUT2D eigenvalue weighted by molar-refractivity contribution is 6.18. The summed E-state index contributed by atoms with van der Waals surface area (Å²) in [4.78, 5) is 14.6. The minimum Gasteiger partial charge on any atom is -0.377 e. The Balaban J connectivity index is 1.94. The maximum Gasteiger partial charge on any atom is 0.226 e. The third-order valence-electron chi connectivity index (χ3n) is 4.14. The minimum atomic E-state index is 0.0818. The normalized spacial score (nSPS) is 27.6. The highest BCUT2D eigenvalue weighted by Gasteiger charge is 2.31. The van der Waals surface area contributed by atoms with Crippen LogP contribution in [0.4, 0.5) is 0 Å². The first-order chi connectivity index (χ1) is 8.83. The summed E-state index contributed by atoms with van der Waals surface area (Å²) in [6.45, 7) is 1.97. The van der Waals surface area contributed by atoms with Gasteiger partial charge in [0.2, 0.25) is 5.91 Å². The summed E-state index contributed by atoms with van der Waals surface area (Å²) in [5, 5.41) is 0. The molecule has 104 valence electrons. The number of hydrogen-bond donors (Lipinski definition) is 0. The topological polar surface area (TPSA) is 29.5 Å². The van der Waals surface area contributed by atoms with Crippen molar-refractivity contribution in [3.05, 3.63) is 0 Å². The van der Waals surface area contributed by atoms with E-state index in [0.717, 1.165) is 12.8 Å². The van der Waals surface area contributed by atoms with Crippen molar-refractivity contribution < 1.29 is 9.53 Å². The standard InChI is InChI=1S/C14H24ClNO2/c15-10-13-11-18-9-8-16(13)14(17)12-6-4-2-1-3-5-7-12/h12-13H,1-11H2. The van der Waals surface area contributed by atoms with Crippen LogP contribution in [0.2, 0.25) is 0 Å². The van der Waals surface area contributed by atoms with Gasteiger partial charge in [-0.2, -0.15) is 0 Å². The van der Waals surface area contributed by atoms with Crippen molar-refractivity contribution in [1.29, 1.82) is 0 Å². The van der Waals surface area contributed by atoms with Crippen molar-refractivity contribution in [2.75, 3.05) is 25.6 Å². The number of hydrogen-bond acceptors (Lipinski definition) is 2. The lowest BCUT2D eigenvalue weighted by atomic mass is 9.90. The Bertz CT molecular complexity index is 265. The van der Waals surface area contributed by atoms with Crippen LogP contribution < -0.4 is 0 Å². The SMILES string of the molecule is O=C(C1CCCCCCC1)N1CCOCC1CCl. The fraction of sp³-hybridized carbons (Fsp3) is 0.929. The number of rotatable bonds is 2. The van der Waals surface area contributed by atoms with E-state index in [-0.39, 0.29) is 12.0 Å². The summed E-state index contributed by atoms with van der Waals surface area (Å²) in [6, 6.07) is 0.0818. The average Bonchev–Trinajstić information content (AvgIpc) is 2.37. The smallest absolute Gasteiger partial charge is 0.226 e. The summed E-state index contributed by atoms with van der Waals surface area (Å²) in [7, 11) is 0. The Morgan fingerprint density at radius 1 is 1.17 bits per heavy atom. The van der Waals surface area contributed by atoms with Gasteiger partial charge in [-0.25, -0.2) is 0 Å². The number of alkyl halides is 1. The molecule has 1 aliphatic heterocycles. The van der Waals surface area contributed by atoms with E-state index in [1.54, 1.807) is 0 Å². The summed E-state index contributed by atoms with van der Waals surface area (Å²) in [6.07, 6.45) is 8.43. The Morgan fingerprint density at radius 2 is 1.83 bits per heavy atom. The molecule has 0 aromatic carbocycles. The second-order valence-electron chi connectivity index (χ2n) is 5.46. The largest absolute Gasteiger partial charge is 0.377 e. The van der Waals surface area contributed by atoms with Gasteiger partial charge >= 0.3 is 0 Å². The molecule has 0 bridgehead atoms. The predicted octanol–water partition coefficient (Wildman–Crippen LogP) is 2.81. The molecule has 1 atom stereocenters. The maximum absolute atomic E-state index is 12.6. The van der Waals surface area contributed by atoms with Crippen LogP contribution in [0.3, 0.4) is 0 Å². The first-order valence-electron chi connectivity index (χ1n) is 7.27. The number of carbonyl (C=O) groups excluding carboxylic acids is 1. The van der Waals surface area contributed by atoms with Crippen LogP contribution in [0.25, 0.3) is 0 Å². The van der Waals surface area contributed by atoms with E-state index in [1.807, 2.05) is 4.90 Å². The molecule has 2 rings (SSSR count). The van der Waals surface area contributed by atoms with Gasteiger partial charge in [0, 0.05) is 18.3 Å².